The van der Waals surface area contributed by atoms with Gasteiger partial charge in [0, 0.05) is 62.8 Å². The van der Waals surface area contributed by atoms with Gasteiger partial charge in [0.2, 0.25) is 0 Å². The first kappa shape index (κ1) is 20.7. The normalized spacial score (nSPS) is 25.6. The number of fused-ring (bicyclic) bond motifs is 1. The zero-order valence-electron chi connectivity index (χ0n) is 17.1. The van der Waals surface area contributed by atoms with Gasteiger partial charge in [0.1, 0.15) is 0 Å². The Balaban J connectivity index is 1.49. The van der Waals surface area contributed by atoms with Crippen LogP contribution in [0.3, 0.4) is 0 Å². The molecule has 2 heterocycles. The van der Waals surface area contributed by atoms with Crippen molar-refractivity contribution >= 4 is 29.3 Å². The molecular formula is C23H31N3O2S. The number of carbonyl (C=O) groups is 1. The summed E-state index contributed by atoms with van der Waals surface area (Å²) in [5.41, 5.74) is 0.801. The molecule has 2 aromatic rings. The maximum Gasteiger partial charge on any atom is 0.254 e. The Morgan fingerprint density at radius 2 is 2.03 bits per heavy atom. The lowest BCUT2D eigenvalue weighted by Gasteiger charge is -2.43. The second-order valence-electron chi connectivity index (χ2n) is 8.12. The second kappa shape index (κ2) is 9.47. The zero-order valence-corrected chi connectivity index (χ0v) is 18.0. The molecule has 156 valence electrons. The summed E-state index contributed by atoms with van der Waals surface area (Å²) >= 11 is 4.74. The van der Waals surface area contributed by atoms with Crippen LogP contribution in [0.5, 0.6) is 0 Å². The molecule has 1 amide bonds. The Morgan fingerprint density at radius 1 is 1.21 bits per heavy atom. The third-order valence-electron chi connectivity index (χ3n) is 6.31. The van der Waals surface area contributed by atoms with Crippen LogP contribution in [0, 0.1) is 0 Å². The second-order valence-corrected chi connectivity index (χ2v) is 8.79. The Labute approximate surface area is 178 Å². The van der Waals surface area contributed by atoms with Gasteiger partial charge in [-0.2, -0.15) is 12.6 Å². The van der Waals surface area contributed by atoms with Crippen LogP contribution in [-0.2, 0) is 4.74 Å². The number of benzene rings is 2. The monoisotopic (exact) mass is 413 g/mol. The molecule has 3 atom stereocenters. The predicted molar refractivity (Wildman–Crippen MR) is 121 cm³/mol. The molecule has 0 spiro atoms. The molecule has 2 aliphatic rings. The lowest BCUT2D eigenvalue weighted by Crippen LogP contribution is -2.57. The number of carbonyl (C=O) groups excluding carboxylic acids is 1. The molecule has 2 aromatic carbocycles. The maximum absolute atomic E-state index is 13.4. The Morgan fingerprint density at radius 3 is 2.83 bits per heavy atom. The minimum absolute atomic E-state index is 0.134. The number of nitrogens with zero attached hydrogens (tertiary/aromatic N) is 2. The highest BCUT2D eigenvalue weighted by atomic mass is 32.1. The molecule has 29 heavy (non-hydrogen) atoms. The summed E-state index contributed by atoms with van der Waals surface area (Å²) in [5, 5.41) is 6.13. The van der Waals surface area contributed by atoms with Gasteiger partial charge in [-0.15, -0.1) is 0 Å². The third-order valence-corrected chi connectivity index (χ3v) is 6.93. The third kappa shape index (κ3) is 4.61. The number of hydrogen-bond acceptors (Lipinski definition) is 5. The van der Waals surface area contributed by atoms with E-state index in [0.29, 0.717) is 23.9 Å². The Kier molecular flexibility index (Phi) is 6.75. The summed E-state index contributed by atoms with van der Waals surface area (Å²) in [7, 11) is 1.74. The number of thiol groups is 1. The first-order chi connectivity index (χ1) is 14.2. The Bertz CT molecular complexity index is 840. The molecule has 2 fully saturated rings. The maximum atomic E-state index is 13.4. The molecule has 2 aliphatic heterocycles. The van der Waals surface area contributed by atoms with Crippen molar-refractivity contribution in [1.82, 2.24) is 15.1 Å². The van der Waals surface area contributed by atoms with E-state index in [1.165, 1.54) is 0 Å². The average molecular weight is 414 g/mol. The van der Waals surface area contributed by atoms with Crippen LogP contribution >= 0.6 is 12.6 Å². The van der Waals surface area contributed by atoms with Crippen molar-refractivity contribution in [2.45, 2.75) is 30.2 Å². The molecule has 0 aromatic heterocycles. The van der Waals surface area contributed by atoms with Crippen molar-refractivity contribution in [2.24, 2.45) is 0 Å². The SMILES string of the molecule is COCC[C@H]1CN(C(=O)c2cccc3ccccc23)CCN1C[C@@H]1NCC[C@@H]1S. The number of rotatable bonds is 6. The van der Waals surface area contributed by atoms with E-state index in [1.54, 1.807) is 7.11 Å². The highest BCUT2D eigenvalue weighted by Gasteiger charge is 2.33. The molecule has 6 heteroatoms. The minimum atomic E-state index is 0.134. The minimum Gasteiger partial charge on any atom is -0.385 e. The number of methoxy groups -OCH3 is 1. The van der Waals surface area contributed by atoms with Crippen LogP contribution in [0.25, 0.3) is 10.8 Å². The summed E-state index contributed by atoms with van der Waals surface area (Å²) in [5.74, 6) is 0.134. The predicted octanol–water partition coefficient (Wildman–Crippen LogP) is 2.66. The van der Waals surface area contributed by atoms with Gasteiger partial charge in [0.05, 0.1) is 0 Å². The van der Waals surface area contributed by atoms with Gasteiger partial charge in [-0.05, 0) is 36.2 Å². The summed E-state index contributed by atoms with van der Waals surface area (Å²) in [6, 6.07) is 14.8. The van der Waals surface area contributed by atoms with Gasteiger partial charge in [-0.3, -0.25) is 9.69 Å². The van der Waals surface area contributed by atoms with Crippen LogP contribution < -0.4 is 5.32 Å². The van der Waals surface area contributed by atoms with Crippen LogP contribution in [-0.4, -0.2) is 79.5 Å². The Hall–Kier alpha value is -1.60. The van der Waals surface area contributed by atoms with Crippen molar-refractivity contribution in [3.63, 3.8) is 0 Å². The van der Waals surface area contributed by atoms with E-state index in [2.05, 4.69) is 22.3 Å². The van der Waals surface area contributed by atoms with Gasteiger partial charge >= 0.3 is 0 Å². The van der Waals surface area contributed by atoms with Crippen molar-refractivity contribution < 1.29 is 9.53 Å². The number of hydrogen-bond donors (Lipinski definition) is 2. The van der Waals surface area contributed by atoms with Crippen LogP contribution in [0.4, 0.5) is 0 Å². The largest absolute Gasteiger partial charge is 0.385 e. The number of amides is 1. The highest BCUT2D eigenvalue weighted by molar-refractivity contribution is 7.81. The van der Waals surface area contributed by atoms with Crippen molar-refractivity contribution in [3.8, 4) is 0 Å². The first-order valence-corrected chi connectivity index (χ1v) is 11.1. The van der Waals surface area contributed by atoms with Crippen LogP contribution in [0.15, 0.2) is 42.5 Å². The molecule has 1 N–H and O–H groups in total. The van der Waals surface area contributed by atoms with Crippen LogP contribution in [0.1, 0.15) is 23.2 Å². The number of nitrogens with one attached hydrogen (secondary N) is 1. The summed E-state index contributed by atoms with van der Waals surface area (Å²) in [6.07, 6.45) is 2.05. The fourth-order valence-corrected chi connectivity index (χ4v) is 4.95. The summed E-state index contributed by atoms with van der Waals surface area (Å²) < 4.78 is 5.36. The molecule has 2 saturated heterocycles. The lowest BCUT2D eigenvalue weighted by atomic mass is 10.0. The molecule has 4 rings (SSSR count). The molecule has 0 radical (unpaired) electrons. The van der Waals surface area contributed by atoms with E-state index < -0.39 is 0 Å². The fraction of sp³-hybridized carbons (Fsp3) is 0.522. The quantitative estimate of drug-likeness (QED) is 0.715. The summed E-state index contributed by atoms with van der Waals surface area (Å²) in [6.45, 7) is 5.13. The van der Waals surface area contributed by atoms with Gasteiger partial charge in [0.15, 0.2) is 0 Å². The van der Waals surface area contributed by atoms with Crippen molar-refractivity contribution in [3.05, 3.63) is 48.0 Å². The summed E-state index contributed by atoms with van der Waals surface area (Å²) in [4.78, 5) is 17.9. The number of ether oxygens (including phenoxy) is 1. The van der Waals surface area contributed by atoms with Crippen molar-refractivity contribution in [2.75, 3.05) is 46.4 Å². The molecule has 0 unspecified atom stereocenters. The van der Waals surface area contributed by atoms with Gasteiger partial charge in [-0.25, -0.2) is 0 Å². The van der Waals surface area contributed by atoms with Gasteiger partial charge < -0.3 is 15.0 Å². The highest BCUT2D eigenvalue weighted by Crippen LogP contribution is 2.23. The standard InChI is InChI=1S/C23H31N3O2S/c1-28-14-10-18-15-26(13-12-25(18)16-21-22(29)9-11-24-21)23(27)20-8-4-6-17-5-2-3-7-19(17)20/h2-8,18,21-22,24,29H,9-16H2,1H3/t18-,21-,22-/m0/s1. The van der Waals surface area contributed by atoms with Gasteiger partial charge in [-0.1, -0.05) is 36.4 Å². The van der Waals surface area contributed by atoms with E-state index in [9.17, 15) is 4.79 Å². The molecule has 0 aliphatic carbocycles. The number of piperazine rings is 1. The van der Waals surface area contributed by atoms with Crippen molar-refractivity contribution in [1.29, 1.82) is 0 Å². The lowest BCUT2D eigenvalue weighted by molar-refractivity contribution is 0.0372. The molecule has 5 nitrogen and oxygen atoms in total. The van der Waals surface area contributed by atoms with E-state index in [1.807, 2.05) is 35.2 Å². The molecule has 0 saturated carbocycles. The van der Waals surface area contributed by atoms with E-state index >= 15 is 0 Å². The van der Waals surface area contributed by atoms with Crippen LogP contribution in [0.2, 0.25) is 0 Å². The first-order valence-electron chi connectivity index (χ1n) is 10.6. The zero-order chi connectivity index (χ0) is 20.2. The molecule has 0 bridgehead atoms. The fourth-order valence-electron chi connectivity index (χ4n) is 4.62. The molecular weight excluding hydrogens is 382 g/mol. The van der Waals surface area contributed by atoms with Gasteiger partial charge in [0.25, 0.3) is 5.91 Å². The van der Waals surface area contributed by atoms with E-state index in [-0.39, 0.29) is 5.91 Å². The topological polar surface area (TPSA) is 44.8 Å². The van der Waals surface area contributed by atoms with E-state index in [0.717, 1.165) is 61.9 Å². The van der Waals surface area contributed by atoms with E-state index in [4.69, 9.17) is 17.4 Å². The average Bonchev–Trinajstić information content (AvgIpc) is 3.16. The smallest absolute Gasteiger partial charge is 0.254 e.